The van der Waals surface area contributed by atoms with Gasteiger partial charge in [0.2, 0.25) is 0 Å². The molecule has 1 rings (SSSR count). The number of likely N-dealkylation sites (N-methyl/N-ethyl adjacent to an activating group) is 2. The lowest BCUT2D eigenvalue weighted by Crippen LogP contribution is -2.52. The Hall–Kier alpha value is -1.06. The van der Waals surface area contributed by atoms with E-state index in [-0.39, 0.29) is 11.6 Å². The summed E-state index contributed by atoms with van der Waals surface area (Å²) in [6.07, 6.45) is 2.17. The third kappa shape index (κ3) is 2.93. The minimum Gasteiger partial charge on any atom is -0.496 e. The largest absolute Gasteiger partial charge is 0.496 e. The van der Waals surface area contributed by atoms with E-state index in [1.54, 1.807) is 7.11 Å². The van der Waals surface area contributed by atoms with Crippen LogP contribution < -0.4 is 10.1 Å². The molecule has 1 aromatic rings. The lowest BCUT2D eigenvalue weighted by atomic mass is 9.79. The molecule has 0 spiro atoms. The van der Waals surface area contributed by atoms with Gasteiger partial charge in [-0.3, -0.25) is 0 Å². The number of benzene rings is 1. The Kier molecular flexibility index (Phi) is 5.83. The molecule has 0 aliphatic carbocycles. The van der Waals surface area contributed by atoms with E-state index in [1.165, 1.54) is 5.56 Å². The predicted octanol–water partition coefficient (Wildman–Crippen LogP) is 3.08. The van der Waals surface area contributed by atoms with Gasteiger partial charge in [0.05, 0.1) is 13.2 Å². The highest BCUT2D eigenvalue weighted by Crippen LogP contribution is 2.39. The van der Waals surface area contributed by atoms with Crippen molar-refractivity contribution in [3.05, 3.63) is 29.8 Å². The second kappa shape index (κ2) is 6.92. The molecule has 0 aliphatic rings. The molecule has 1 atom stereocenters. The maximum absolute atomic E-state index is 5.53. The summed E-state index contributed by atoms with van der Waals surface area (Å²) in [5, 5.41) is 3.50. The van der Waals surface area contributed by atoms with Crippen LogP contribution in [0.2, 0.25) is 0 Å². The molecule has 0 saturated heterocycles. The van der Waals surface area contributed by atoms with Crippen molar-refractivity contribution in [1.82, 2.24) is 10.2 Å². The molecule has 19 heavy (non-hydrogen) atoms. The molecule has 108 valence electrons. The Balaban J connectivity index is 3.31. The molecular formula is C16H28N2O. The number of hydrogen-bond acceptors (Lipinski definition) is 3. The summed E-state index contributed by atoms with van der Waals surface area (Å²) in [5.74, 6) is 0.954. The van der Waals surface area contributed by atoms with E-state index in [4.69, 9.17) is 4.74 Å². The van der Waals surface area contributed by atoms with Crippen molar-refractivity contribution in [1.29, 1.82) is 0 Å². The van der Waals surface area contributed by atoms with Crippen LogP contribution >= 0.6 is 0 Å². The van der Waals surface area contributed by atoms with E-state index in [0.717, 1.165) is 18.6 Å². The second-order valence-corrected chi connectivity index (χ2v) is 5.17. The third-order valence-electron chi connectivity index (χ3n) is 4.39. The summed E-state index contributed by atoms with van der Waals surface area (Å²) in [4.78, 5) is 2.33. The first-order valence-electron chi connectivity index (χ1n) is 7.05. The number of para-hydroxylation sites is 1. The van der Waals surface area contributed by atoms with Crippen LogP contribution in [0.5, 0.6) is 5.75 Å². The fraction of sp³-hybridized carbons (Fsp3) is 0.625. The van der Waals surface area contributed by atoms with E-state index in [9.17, 15) is 0 Å². The standard InChI is InChI=1S/C16H28N2O/c1-7-16(8-2,18(4)5)15(17-3)13-11-9-10-12-14(13)19-6/h9-12,15,17H,7-8H2,1-6H3. The van der Waals surface area contributed by atoms with E-state index < -0.39 is 0 Å². The molecule has 0 heterocycles. The summed E-state index contributed by atoms with van der Waals surface area (Å²) < 4.78 is 5.53. The van der Waals surface area contributed by atoms with Gasteiger partial charge in [-0.25, -0.2) is 0 Å². The highest BCUT2D eigenvalue weighted by atomic mass is 16.5. The molecule has 0 aliphatic heterocycles. The van der Waals surface area contributed by atoms with Gasteiger partial charge in [-0.1, -0.05) is 32.0 Å². The van der Waals surface area contributed by atoms with E-state index in [1.807, 2.05) is 19.2 Å². The lowest BCUT2D eigenvalue weighted by Gasteiger charge is -2.45. The van der Waals surface area contributed by atoms with Crippen molar-refractivity contribution in [2.75, 3.05) is 28.3 Å². The van der Waals surface area contributed by atoms with Crippen LogP contribution in [0.25, 0.3) is 0 Å². The van der Waals surface area contributed by atoms with Crippen molar-refractivity contribution in [2.24, 2.45) is 0 Å². The molecule has 0 aromatic heterocycles. The van der Waals surface area contributed by atoms with Crippen LogP contribution in [-0.4, -0.2) is 38.7 Å². The highest BCUT2D eigenvalue weighted by Gasteiger charge is 2.39. The van der Waals surface area contributed by atoms with Gasteiger partial charge >= 0.3 is 0 Å². The van der Waals surface area contributed by atoms with Crippen LogP contribution in [0, 0.1) is 0 Å². The van der Waals surface area contributed by atoms with Crippen molar-refractivity contribution in [3.8, 4) is 5.75 Å². The molecule has 0 bridgehead atoms. The average molecular weight is 264 g/mol. The maximum Gasteiger partial charge on any atom is 0.123 e. The van der Waals surface area contributed by atoms with Crippen LogP contribution in [0.15, 0.2) is 24.3 Å². The smallest absolute Gasteiger partial charge is 0.123 e. The zero-order chi connectivity index (χ0) is 14.5. The van der Waals surface area contributed by atoms with Crippen molar-refractivity contribution in [2.45, 2.75) is 38.3 Å². The Labute approximate surface area is 118 Å². The topological polar surface area (TPSA) is 24.5 Å². The molecule has 0 fully saturated rings. The summed E-state index contributed by atoms with van der Waals surface area (Å²) >= 11 is 0. The average Bonchev–Trinajstić information content (AvgIpc) is 2.44. The second-order valence-electron chi connectivity index (χ2n) is 5.17. The number of nitrogens with zero attached hydrogens (tertiary/aromatic N) is 1. The fourth-order valence-electron chi connectivity index (χ4n) is 3.17. The number of nitrogens with one attached hydrogen (secondary N) is 1. The zero-order valence-electron chi connectivity index (χ0n) is 13.2. The van der Waals surface area contributed by atoms with Crippen LogP contribution in [-0.2, 0) is 0 Å². The fourth-order valence-corrected chi connectivity index (χ4v) is 3.17. The normalized spacial score (nSPS) is 13.6. The summed E-state index contributed by atoms with van der Waals surface area (Å²) in [5.41, 5.74) is 1.31. The Morgan fingerprint density at radius 3 is 2.21 bits per heavy atom. The predicted molar refractivity (Wildman–Crippen MR) is 81.8 cm³/mol. The Morgan fingerprint density at radius 2 is 1.79 bits per heavy atom. The Bertz CT molecular complexity index is 386. The molecule has 3 nitrogen and oxygen atoms in total. The first-order chi connectivity index (χ1) is 9.07. The first-order valence-corrected chi connectivity index (χ1v) is 7.05. The summed E-state index contributed by atoms with van der Waals surface area (Å²) in [6.45, 7) is 4.51. The SMILES string of the molecule is CCC(CC)(C(NC)c1ccccc1OC)N(C)C. The molecule has 3 heteroatoms. The molecule has 1 unspecified atom stereocenters. The van der Waals surface area contributed by atoms with Gasteiger partial charge in [-0.05, 0) is 40.1 Å². The molecule has 1 aromatic carbocycles. The van der Waals surface area contributed by atoms with Crippen molar-refractivity contribution >= 4 is 0 Å². The third-order valence-corrected chi connectivity index (χ3v) is 4.39. The monoisotopic (exact) mass is 264 g/mol. The zero-order valence-corrected chi connectivity index (χ0v) is 13.2. The minimum atomic E-state index is 0.0867. The lowest BCUT2D eigenvalue weighted by molar-refractivity contribution is 0.0905. The van der Waals surface area contributed by atoms with Crippen LogP contribution in [0.1, 0.15) is 38.3 Å². The van der Waals surface area contributed by atoms with Crippen LogP contribution in [0.4, 0.5) is 0 Å². The molecular weight excluding hydrogens is 236 g/mol. The van der Waals surface area contributed by atoms with Crippen LogP contribution in [0.3, 0.4) is 0 Å². The van der Waals surface area contributed by atoms with E-state index >= 15 is 0 Å². The quantitative estimate of drug-likeness (QED) is 0.819. The van der Waals surface area contributed by atoms with Gasteiger partial charge in [-0.2, -0.15) is 0 Å². The first kappa shape index (κ1) is 16.0. The van der Waals surface area contributed by atoms with Gasteiger partial charge < -0.3 is 15.0 Å². The molecule has 0 amide bonds. The molecule has 0 radical (unpaired) electrons. The number of ether oxygens (including phenoxy) is 1. The maximum atomic E-state index is 5.53. The molecule has 1 N–H and O–H groups in total. The van der Waals surface area contributed by atoms with Crippen molar-refractivity contribution in [3.63, 3.8) is 0 Å². The van der Waals surface area contributed by atoms with E-state index in [0.29, 0.717) is 0 Å². The summed E-state index contributed by atoms with van der Waals surface area (Å²) in [6, 6.07) is 8.53. The van der Waals surface area contributed by atoms with Crippen molar-refractivity contribution < 1.29 is 4.74 Å². The van der Waals surface area contributed by atoms with Gasteiger partial charge in [0, 0.05) is 11.1 Å². The van der Waals surface area contributed by atoms with E-state index in [2.05, 4.69) is 50.3 Å². The number of methoxy groups -OCH3 is 1. The van der Waals surface area contributed by atoms with Gasteiger partial charge in [0.15, 0.2) is 0 Å². The number of hydrogen-bond donors (Lipinski definition) is 1. The molecule has 0 saturated carbocycles. The highest BCUT2D eigenvalue weighted by molar-refractivity contribution is 5.38. The Morgan fingerprint density at radius 1 is 1.21 bits per heavy atom. The summed E-state index contributed by atoms with van der Waals surface area (Å²) in [7, 11) is 8.08. The van der Waals surface area contributed by atoms with Gasteiger partial charge in [-0.15, -0.1) is 0 Å². The minimum absolute atomic E-state index is 0.0867. The number of rotatable bonds is 7. The van der Waals surface area contributed by atoms with Gasteiger partial charge in [0.1, 0.15) is 5.75 Å². The van der Waals surface area contributed by atoms with Gasteiger partial charge in [0.25, 0.3) is 0 Å².